The minimum atomic E-state index is 0.331. The van der Waals surface area contributed by atoms with Crippen molar-refractivity contribution in [3.63, 3.8) is 0 Å². The van der Waals surface area contributed by atoms with Gasteiger partial charge in [0, 0.05) is 6.42 Å². The minimum Gasteiger partial charge on any atom is -0.513 e. The van der Waals surface area contributed by atoms with Gasteiger partial charge < -0.3 is 5.11 Å². The lowest BCUT2D eigenvalue weighted by molar-refractivity contribution is 0.303. The van der Waals surface area contributed by atoms with Crippen molar-refractivity contribution >= 4 is 0 Å². The molecule has 1 rings (SSSR count). The molecule has 11 heavy (non-hydrogen) atoms. The maximum absolute atomic E-state index is 9.00. The van der Waals surface area contributed by atoms with Gasteiger partial charge in [-0.05, 0) is 24.7 Å². The first-order chi connectivity index (χ1) is 5.20. The molecule has 1 N–H and O–H groups in total. The third-order valence-electron chi connectivity index (χ3n) is 2.39. The summed E-state index contributed by atoms with van der Waals surface area (Å²) >= 11 is 0. The number of aliphatic hydroxyl groups is 1. The molecule has 1 nitrogen and oxygen atoms in total. The molecule has 0 spiro atoms. The predicted octanol–water partition coefficient (Wildman–Crippen LogP) is 3.05. The first kappa shape index (κ1) is 8.38. The lowest BCUT2D eigenvalue weighted by atomic mass is 9.83. The van der Waals surface area contributed by atoms with Crippen LogP contribution in [-0.4, -0.2) is 5.11 Å². The van der Waals surface area contributed by atoms with Gasteiger partial charge in [0.1, 0.15) is 0 Å². The van der Waals surface area contributed by atoms with Crippen LogP contribution in [0.15, 0.2) is 24.5 Å². The highest BCUT2D eigenvalue weighted by atomic mass is 16.3. The Hall–Kier alpha value is -0.720. The summed E-state index contributed by atoms with van der Waals surface area (Å²) in [4.78, 5) is 0. The second-order valence-corrected chi connectivity index (χ2v) is 3.40. The van der Waals surface area contributed by atoms with Crippen LogP contribution in [0, 0.1) is 11.8 Å². The highest BCUT2D eigenvalue weighted by Crippen LogP contribution is 2.28. The van der Waals surface area contributed by atoms with E-state index in [-0.39, 0.29) is 0 Å². The average Bonchev–Trinajstić information content (AvgIpc) is 1.93. The van der Waals surface area contributed by atoms with Crippen molar-refractivity contribution in [2.45, 2.75) is 26.2 Å². The quantitative estimate of drug-likeness (QED) is 0.476. The zero-order valence-electron chi connectivity index (χ0n) is 7.09. The molecule has 0 fully saturated rings. The van der Waals surface area contributed by atoms with Crippen LogP contribution in [0.2, 0.25) is 0 Å². The summed E-state index contributed by atoms with van der Waals surface area (Å²) in [6.45, 7) is 5.71. The van der Waals surface area contributed by atoms with Gasteiger partial charge in [0.25, 0.3) is 0 Å². The molecule has 62 valence electrons. The maximum Gasteiger partial charge on any atom is 0.0854 e. The van der Waals surface area contributed by atoms with Crippen molar-refractivity contribution in [2.24, 2.45) is 11.8 Å². The lowest BCUT2D eigenvalue weighted by Crippen LogP contribution is -2.13. The molecule has 0 aliphatic heterocycles. The molecule has 0 aromatic heterocycles. The number of rotatable bonds is 2. The van der Waals surface area contributed by atoms with E-state index in [4.69, 9.17) is 5.11 Å². The summed E-state index contributed by atoms with van der Waals surface area (Å²) < 4.78 is 0. The Labute approximate surface area is 68.4 Å². The Morgan fingerprint density at radius 1 is 1.73 bits per heavy atom. The van der Waals surface area contributed by atoms with E-state index in [1.54, 1.807) is 0 Å². The SMILES string of the molecule is C=C(O)C[C@H]1CCC=C[C@H]1C. The summed E-state index contributed by atoms with van der Waals surface area (Å²) in [6.07, 6.45) is 7.57. The topological polar surface area (TPSA) is 20.2 Å². The molecule has 0 saturated carbocycles. The standard InChI is InChI=1S/C10H16O/c1-8-5-3-4-6-10(8)7-9(2)11/h3,5,8,10-11H,2,4,6-7H2,1H3/t8-,10-/m1/s1. The summed E-state index contributed by atoms with van der Waals surface area (Å²) in [5, 5.41) is 9.00. The second kappa shape index (κ2) is 3.61. The molecular weight excluding hydrogens is 136 g/mol. The Bertz CT molecular complexity index is 170. The van der Waals surface area contributed by atoms with Crippen LogP contribution in [0.3, 0.4) is 0 Å². The lowest BCUT2D eigenvalue weighted by Gasteiger charge is -2.23. The Kier molecular flexibility index (Phi) is 2.75. The van der Waals surface area contributed by atoms with Crippen molar-refractivity contribution in [1.29, 1.82) is 0 Å². The molecule has 0 aromatic rings. The summed E-state index contributed by atoms with van der Waals surface area (Å²) in [6, 6.07) is 0. The normalized spacial score (nSPS) is 30.3. The average molecular weight is 152 g/mol. The van der Waals surface area contributed by atoms with E-state index in [0.29, 0.717) is 17.6 Å². The van der Waals surface area contributed by atoms with Crippen molar-refractivity contribution < 1.29 is 5.11 Å². The van der Waals surface area contributed by atoms with Crippen molar-refractivity contribution in [3.8, 4) is 0 Å². The molecule has 0 unspecified atom stereocenters. The van der Waals surface area contributed by atoms with Crippen molar-refractivity contribution in [2.75, 3.05) is 0 Å². The molecule has 1 aliphatic carbocycles. The molecule has 0 radical (unpaired) electrons. The predicted molar refractivity (Wildman–Crippen MR) is 47.4 cm³/mol. The van der Waals surface area contributed by atoms with Gasteiger partial charge in [-0.25, -0.2) is 0 Å². The summed E-state index contributed by atoms with van der Waals surface area (Å²) in [7, 11) is 0. The number of allylic oxidation sites excluding steroid dienone is 3. The van der Waals surface area contributed by atoms with Crippen LogP contribution >= 0.6 is 0 Å². The molecular formula is C10H16O. The van der Waals surface area contributed by atoms with Crippen LogP contribution in [0.5, 0.6) is 0 Å². The van der Waals surface area contributed by atoms with Gasteiger partial charge in [-0.15, -0.1) is 0 Å². The maximum atomic E-state index is 9.00. The van der Waals surface area contributed by atoms with Crippen molar-refractivity contribution in [1.82, 2.24) is 0 Å². The van der Waals surface area contributed by atoms with Crippen LogP contribution in [-0.2, 0) is 0 Å². The zero-order chi connectivity index (χ0) is 8.27. The number of aliphatic hydroxyl groups excluding tert-OH is 1. The van der Waals surface area contributed by atoms with E-state index in [1.807, 2.05) is 0 Å². The largest absolute Gasteiger partial charge is 0.513 e. The van der Waals surface area contributed by atoms with Crippen molar-refractivity contribution in [3.05, 3.63) is 24.5 Å². The fourth-order valence-corrected chi connectivity index (χ4v) is 1.63. The molecule has 2 atom stereocenters. The van der Waals surface area contributed by atoms with Gasteiger partial charge in [-0.3, -0.25) is 0 Å². The zero-order valence-corrected chi connectivity index (χ0v) is 7.09. The molecule has 0 heterocycles. The van der Waals surface area contributed by atoms with Crippen LogP contribution in [0.25, 0.3) is 0 Å². The number of hydrogen-bond donors (Lipinski definition) is 1. The van der Waals surface area contributed by atoms with Gasteiger partial charge >= 0.3 is 0 Å². The smallest absolute Gasteiger partial charge is 0.0854 e. The Morgan fingerprint density at radius 3 is 3.00 bits per heavy atom. The first-order valence-electron chi connectivity index (χ1n) is 4.23. The Morgan fingerprint density at radius 2 is 2.45 bits per heavy atom. The fourth-order valence-electron chi connectivity index (χ4n) is 1.63. The third-order valence-corrected chi connectivity index (χ3v) is 2.39. The summed E-state index contributed by atoms with van der Waals surface area (Å²) in [5.41, 5.74) is 0. The van der Waals surface area contributed by atoms with Gasteiger partial charge in [0.2, 0.25) is 0 Å². The minimum absolute atomic E-state index is 0.331. The molecule has 0 bridgehead atoms. The highest BCUT2D eigenvalue weighted by Gasteiger charge is 2.17. The molecule has 0 amide bonds. The van der Waals surface area contributed by atoms with Gasteiger partial charge in [0.15, 0.2) is 0 Å². The van der Waals surface area contributed by atoms with E-state index < -0.39 is 0 Å². The van der Waals surface area contributed by atoms with E-state index in [0.717, 1.165) is 12.8 Å². The monoisotopic (exact) mass is 152 g/mol. The van der Waals surface area contributed by atoms with E-state index >= 15 is 0 Å². The fraction of sp³-hybridized carbons (Fsp3) is 0.600. The third kappa shape index (κ3) is 2.41. The van der Waals surface area contributed by atoms with Crippen LogP contribution in [0.4, 0.5) is 0 Å². The summed E-state index contributed by atoms with van der Waals surface area (Å²) in [5.74, 6) is 1.54. The molecule has 1 heteroatoms. The van der Waals surface area contributed by atoms with Gasteiger partial charge in [0.05, 0.1) is 5.76 Å². The highest BCUT2D eigenvalue weighted by molar-refractivity contribution is 4.98. The Balaban J connectivity index is 2.45. The first-order valence-corrected chi connectivity index (χ1v) is 4.23. The van der Waals surface area contributed by atoms with Crippen LogP contribution in [0.1, 0.15) is 26.2 Å². The van der Waals surface area contributed by atoms with Crippen LogP contribution < -0.4 is 0 Å². The molecule has 0 saturated heterocycles. The van der Waals surface area contributed by atoms with E-state index in [2.05, 4.69) is 25.7 Å². The second-order valence-electron chi connectivity index (χ2n) is 3.40. The molecule has 1 aliphatic rings. The van der Waals surface area contributed by atoms with Gasteiger partial charge in [-0.2, -0.15) is 0 Å². The van der Waals surface area contributed by atoms with E-state index in [9.17, 15) is 0 Å². The molecule has 0 aromatic carbocycles. The number of hydrogen-bond acceptors (Lipinski definition) is 1. The van der Waals surface area contributed by atoms with E-state index in [1.165, 1.54) is 6.42 Å². The van der Waals surface area contributed by atoms with Gasteiger partial charge in [-0.1, -0.05) is 25.7 Å².